The van der Waals surface area contributed by atoms with Crippen molar-refractivity contribution in [3.8, 4) is 0 Å². The molecule has 68 valence electrons. The van der Waals surface area contributed by atoms with Crippen LogP contribution in [0.4, 0.5) is 0 Å². The molecule has 0 unspecified atom stereocenters. The lowest BCUT2D eigenvalue weighted by Crippen LogP contribution is -1.94. The molecule has 0 aromatic carbocycles. The number of aryl methyl sites for hydroxylation is 2. The highest BCUT2D eigenvalue weighted by atomic mass is 35.5. The Morgan fingerprint density at radius 2 is 2.23 bits per heavy atom. The topological polar surface area (TPSA) is 4.41 Å². The number of hydrogen-bond acceptors (Lipinski definition) is 0. The maximum Gasteiger partial charge on any atom is 0.0455 e. The average Bonchev–Trinajstić information content (AvgIpc) is 2.44. The van der Waals surface area contributed by atoms with Gasteiger partial charge in [0.2, 0.25) is 0 Å². The summed E-state index contributed by atoms with van der Waals surface area (Å²) in [5.74, 6) is 0.682. The van der Waals surface area contributed by atoms with E-state index in [2.05, 4.69) is 35.7 Å². The van der Waals surface area contributed by atoms with Gasteiger partial charge in [-0.3, -0.25) is 0 Å². The molecule has 0 aliphatic heterocycles. The van der Waals surface area contributed by atoms with E-state index in [0.29, 0.717) is 5.88 Å². The van der Waals surface area contributed by atoms with Crippen molar-refractivity contribution in [2.24, 2.45) is 0 Å². The van der Waals surface area contributed by atoms with Crippen LogP contribution in [0.5, 0.6) is 0 Å². The summed E-state index contributed by atoms with van der Waals surface area (Å²) in [4.78, 5) is 0. The first-order valence-electron chi connectivity index (χ1n) is 4.44. The molecule has 0 atom stereocenters. The Labute approximate surface area is 82.9 Å². The van der Waals surface area contributed by atoms with E-state index in [1.807, 2.05) is 6.07 Å². The SMILES string of the molecule is Cc1cc2ccccn2c1CCCl. The van der Waals surface area contributed by atoms with E-state index in [1.165, 1.54) is 16.8 Å². The fraction of sp³-hybridized carbons (Fsp3) is 0.273. The van der Waals surface area contributed by atoms with E-state index in [4.69, 9.17) is 11.6 Å². The van der Waals surface area contributed by atoms with Crippen molar-refractivity contribution in [1.82, 2.24) is 4.40 Å². The lowest BCUT2D eigenvalue weighted by atomic mass is 10.2. The minimum absolute atomic E-state index is 0.682. The zero-order chi connectivity index (χ0) is 9.26. The normalized spacial score (nSPS) is 10.9. The number of nitrogens with zero attached hydrogens (tertiary/aromatic N) is 1. The molecular formula is C11H12ClN. The number of hydrogen-bond donors (Lipinski definition) is 0. The molecule has 0 N–H and O–H groups in total. The van der Waals surface area contributed by atoms with E-state index in [0.717, 1.165) is 6.42 Å². The van der Waals surface area contributed by atoms with Crippen LogP contribution in [0.1, 0.15) is 11.3 Å². The predicted molar refractivity (Wildman–Crippen MR) is 56.6 cm³/mol. The average molecular weight is 194 g/mol. The van der Waals surface area contributed by atoms with E-state index in [-0.39, 0.29) is 0 Å². The maximum atomic E-state index is 5.75. The molecule has 2 aromatic rings. The molecular weight excluding hydrogens is 182 g/mol. The van der Waals surface area contributed by atoms with Gasteiger partial charge in [0, 0.05) is 29.7 Å². The van der Waals surface area contributed by atoms with Crippen LogP contribution < -0.4 is 0 Å². The molecule has 2 heteroatoms. The van der Waals surface area contributed by atoms with Crippen LogP contribution in [0.2, 0.25) is 0 Å². The van der Waals surface area contributed by atoms with E-state index in [9.17, 15) is 0 Å². The molecule has 13 heavy (non-hydrogen) atoms. The fourth-order valence-electron chi connectivity index (χ4n) is 1.72. The Balaban J connectivity index is 2.64. The standard InChI is InChI=1S/C11H12ClN/c1-9-8-10-4-2-3-7-13(10)11(9)5-6-12/h2-4,7-8H,5-6H2,1H3. The first-order valence-corrected chi connectivity index (χ1v) is 4.98. The summed E-state index contributed by atoms with van der Waals surface area (Å²) in [6, 6.07) is 8.41. The molecule has 0 spiro atoms. The lowest BCUT2D eigenvalue weighted by molar-refractivity contribution is 0.984. The predicted octanol–water partition coefficient (Wildman–Crippen LogP) is 3.03. The first-order chi connectivity index (χ1) is 6.33. The summed E-state index contributed by atoms with van der Waals surface area (Å²) in [6.45, 7) is 2.13. The molecule has 0 aliphatic rings. The summed E-state index contributed by atoms with van der Waals surface area (Å²) in [7, 11) is 0. The minimum atomic E-state index is 0.682. The molecule has 0 bridgehead atoms. The lowest BCUT2D eigenvalue weighted by Gasteiger charge is -2.00. The van der Waals surface area contributed by atoms with Crippen molar-refractivity contribution in [1.29, 1.82) is 0 Å². The van der Waals surface area contributed by atoms with Gasteiger partial charge in [0.05, 0.1) is 0 Å². The summed E-state index contributed by atoms with van der Waals surface area (Å²) >= 11 is 5.75. The second-order valence-electron chi connectivity index (χ2n) is 3.21. The van der Waals surface area contributed by atoms with Gasteiger partial charge in [0.1, 0.15) is 0 Å². The quantitative estimate of drug-likeness (QED) is 0.646. The van der Waals surface area contributed by atoms with Crippen LogP contribution in [0.25, 0.3) is 5.52 Å². The number of fused-ring (bicyclic) bond motifs is 1. The summed E-state index contributed by atoms with van der Waals surface area (Å²) < 4.78 is 2.21. The Bertz CT molecular complexity index is 417. The number of alkyl halides is 1. The van der Waals surface area contributed by atoms with Crippen LogP contribution in [-0.4, -0.2) is 10.3 Å². The molecule has 0 saturated carbocycles. The summed E-state index contributed by atoms with van der Waals surface area (Å²) in [6.07, 6.45) is 3.02. The van der Waals surface area contributed by atoms with Gasteiger partial charge in [-0.05, 0) is 30.7 Å². The van der Waals surface area contributed by atoms with E-state index < -0.39 is 0 Å². The van der Waals surface area contributed by atoms with Crippen LogP contribution in [-0.2, 0) is 6.42 Å². The zero-order valence-corrected chi connectivity index (χ0v) is 8.38. The molecule has 0 saturated heterocycles. The largest absolute Gasteiger partial charge is 0.321 e. The van der Waals surface area contributed by atoms with Gasteiger partial charge in [0.15, 0.2) is 0 Å². The van der Waals surface area contributed by atoms with Gasteiger partial charge in [-0.25, -0.2) is 0 Å². The monoisotopic (exact) mass is 193 g/mol. The minimum Gasteiger partial charge on any atom is -0.321 e. The highest BCUT2D eigenvalue weighted by Crippen LogP contribution is 2.16. The third kappa shape index (κ3) is 1.44. The first kappa shape index (κ1) is 8.64. The fourth-order valence-corrected chi connectivity index (χ4v) is 1.90. The van der Waals surface area contributed by atoms with Gasteiger partial charge in [-0.2, -0.15) is 0 Å². The van der Waals surface area contributed by atoms with Crippen molar-refractivity contribution in [2.75, 3.05) is 5.88 Å². The Morgan fingerprint density at radius 1 is 1.38 bits per heavy atom. The Morgan fingerprint density at radius 3 is 3.00 bits per heavy atom. The Kier molecular flexibility index (Phi) is 2.28. The summed E-state index contributed by atoms with van der Waals surface area (Å²) in [5.41, 5.74) is 3.90. The molecule has 2 rings (SSSR count). The van der Waals surface area contributed by atoms with Gasteiger partial charge < -0.3 is 4.40 Å². The number of pyridine rings is 1. The second-order valence-corrected chi connectivity index (χ2v) is 3.59. The highest BCUT2D eigenvalue weighted by Gasteiger charge is 2.04. The smallest absolute Gasteiger partial charge is 0.0455 e. The van der Waals surface area contributed by atoms with E-state index in [1.54, 1.807) is 0 Å². The maximum absolute atomic E-state index is 5.75. The summed E-state index contributed by atoms with van der Waals surface area (Å²) in [5, 5.41) is 0. The number of halogens is 1. The van der Waals surface area contributed by atoms with Crippen LogP contribution >= 0.6 is 11.6 Å². The molecule has 0 radical (unpaired) electrons. The van der Waals surface area contributed by atoms with Crippen molar-refractivity contribution in [2.45, 2.75) is 13.3 Å². The van der Waals surface area contributed by atoms with Gasteiger partial charge in [0.25, 0.3) is 0 Å². The molecule has 1 nitrogen and oxygen atoms in total. The molecule has 0 fully saturated rings. The molecule has 0 amide bonds. The van der Waals surface area contributed by atoms with Gasteiger partial charge in [-0.1, -0.05) is 6.07 Å². The molecule has 0 aliphatic carbocycles. The van der Waals surface area contributed by atoms with Crippen LogP contribution in [0, 0.1) is 6.92 Å². The molecule has 2 aromatic heterocycles. The van der Waals surface area contributed by atoms with E-state index >= 15 is 0 Å². The van der Waals surface area contributed by atoms with Crippen molar-refractivity contribution >= 4 is 17.1 Å². The zero-order valence-electron chi connectivity index (χ0n) is 7.63. The van der Waals surface area contributed by atoms with Crippen molar-refractivity contribution < 1.29 is 0 Å². The highest BCUT2D eigenvalue weighted by molar-refractivity contribution is 6.18. The van der Waals surface area contributed by atoms with Gasteiger partial charge >= 0.3 is 0 Å². The van der Waals surface area contributed by atoms with Crippen LogP contribution in [0.3, 0.4) is 0 Å². The molecule has 2 heterocycles. The number of aromatic nitrogens is 1. The third-order valence-electron chi connectivity index (χ3n) is 2.33. The Hall–Kier alpha value is -0.950. The van der Waals surface area contributed by atoms with Crippen molar-refractivity contribution in [3.63, 3.8) is 0 Å². The number of rotatable bonds is 2. The van der Waals surface area contributed by atoms with Gasteiger partial charge in [-0.15, -0.1) is 11.6 Å². The second kappa shape index (κ2) is 3.43. The van der Waals surface area contributed by atoms with Crippen molar-refractivity contribution in [3.05, 3.63) is 41.7 Å². The van der Waals surface area contributed by atoms with Crippen LogP contribution in [0.15, 0.2) is 30.5 Å². The third-order valence-corrected chi connectivity index (χ3v) is 2.52.